The number of aromatic nitrogens is 1. The van der Waals surface area contributed by atoms with E-state index in [-0.39, 0.29) is 41.5 Å². The van der Waals surface area contributed by atoms with Crippen molar-refractivity contribution in [2.24, 2.45) is 28.9 Å². The molecule has 0 amide bonds. The Labute approximate surface area is 220 Å². The molecule has 1 fully saturated rings. The van der Waals surface area contributed by atoms with Crippen LogP contribution in [-0.2, 0) is 19.1 Å². The van der Waals surface area contributed by atoms with Crippen LogP contribution in [0.4, 0.5) is 0 Å². The number of Topliss-reactive ketones (excluding diaryl/α,β-unsaturated/α-hetero) is 1. The van der Waals surface area contributed by atoms with Gasteiger partial charge in [-0.05, 0) is 58.4 Å². The van der Waals surface area contributed by atoms with Gasteiger partial charge in [-0.1, -0.05) is 53.0 Å². The molecule has 204 valence electrons. The largest absolute Gasteiger partial charge is 0.392 e. The van der Waals surface area contributed by atoms with E-state index in [0.29, 0.717) is 5.92 Å². The normalized spacial score (nSPS) is 24.0. The Kier molecular flexibility index (Phi) is 12.3. The molecule has 1 aromatic rings. The Morgan fingerprint density at radius 2 is 1.92 bits per heavy atom. The first-order valence-electron chi connectivity index (χ1n) is 12.9. The maximum absolute atomic E-state index is 12.9. The van der Waals surface area contributed by atoms with Crippen molar-refractivity contribution in [3.05, 3.63) is 21.7 Å². The third kappa shape index (κ3) is 9.00. The molecule has 7 nitrogen and oxygen atoms in total. The summed E-state index contributed by atoms with van der Waals surface area (Å²) in [4.78, 5) is 33.7. The summed E-state index contributed by atoms with van der Waals surface area (Å²) in [5.74, 6) is 0.789. The van der Waals surface area contributed by atoms with E-state index < -0.39 is 11.5 Å². The molecule has 0 aliphatic carbocycles. The molecule has 1 saturated heterocycles. The lowest BCUT2D eigenvalue weighted by Crippen LogP contribution is -2.41. The second-order valence-electron chi connectivity index (χ2n) is 11.3. The molecule has 0 radical (unpaired) electrons. The highest BCUT2D eigenvalue weighted by atomic mass is 32.1. The third-order valence-electron chi connectivity index (χ3n) is 8.21. The van der Waals surface area contributed by atoms with Gasteiger partial charge in [-0.25, -0.2) is 4.98 Å². The molecule has 1 aliphatic rings. The number of aryl methyl sites for hydroxylation is 1. The molecule has 8 heteroatoms. The van der Waals surface area contributed by atoms with E-state index in [2.05, 4.69) is 44.1 Å². The van der Waals surface area contributed by atoms with Gasteiger partial charge in [0, 0.05) is 22.8 Å². The number of hydrogen-bond acceptors (Lipinski definition) is 8. The SMILES string of the molecule is C/C(=C\c1csc(C)n1)[C@@H](N)C[C@@H]1O[C@]1(C)CCC[C@H](C)[C@H](C)[C@@H](C)C(=O)C(C)(C)[C@H](C)O.O=C=O. The first kappa shape index (κ1) is 32.3. The lowest BCUT2D eigenvalue weighted by molar-refractivity contribution is -0.191. The average Bonchev–Trinajstić information content (AvgIpc) is 3.23. The van der Waals surface area contributed by atoms with Crippen LogP contribution in [-0.4, -0.2) is 45.9 Å². The number of aliphatic hydroxyl groups is 1. The van der Waals surface area contributed by atoms with Gasteiger partial charge in [-0.2, -0.15) is 9.59 Å². The molecule has 3 N–H and O–H groups in total. The van der Waals surface area contributed by atoms with E-state index in [4.69, 9.17) is 20.1 Å². The highest BCUT2D eigenvalue weighted by Gasteiger charge is 2.51. The number of carbonyl (C=O) groups excluding carboxylic acids is 3. The van der Waals surface area contributed by atoms with Crippen LogP contribution in [0, 0.1) is 30.1 Å². The fraction of sp³-hybridized carbons (Fsp3) is 0.750. The van der Waals surface area contributed by atoms with Crippen LogP contribution >= 0.6 is 11.3 Å². The van der Waals surface area contributed by atoms with Crippen molar-refractivity contribution < 1.29 is 24.2 Å². The standard InChI is InChI=1S/C27H46N2O3S.CO2/c1-16(18(3)19(4)25(31)26(7,8)20(5)30)11-10-12-27(9)24(32-27)14-23(28)17(2)13-22-15-33-21(6)29-22;2-1-3/h13,15-16,18-20,23-24,30H,10-12,14,28H2,1-9H3;/b17-13+;/t16-,18-,19+,20-,23-,24-,27+;/m0./s1. The van der Waals surface area contributed by atoms with Gasteiger partial charge in [0.1, 0.15) is 5.78 Å². The van der Waals surface area contributed by atoms with Crippen molar-refractivity contribution in [2.75, 3.05) is 0 Å². The van der Waals surface area contributed by atoms with Crippen molar-refractivity contribution in [2.45, 2.75) is 112 Å². The second kappa shape index (κ2) is 13.7. The van der Waals surface area contributed by atoms with Crippen molar-refractivity contribution in [3.63, 3.8) is 0 Å². The Balaban J connectivity index is 0.00000205. The summed E-state index contributed by atoms with van der Waals surface area (Å²) in [6.45, 7) is 18.1. The van der Waals surface area contributed by atoms with E-state index in [1.807, 2.05) is 27.7 Å². The molecule has 1 aliphatic heterocycles. The molecule has 36 heavy (non-hydrogen) atoms. The molecule has 2 heterocycles. The minimum Gasteiger partial charge on any atom is -0.392 e. The topological polar surface area (TPSA) is 123 Å². The number of aliphatic hydroxyl groups excluding tert-OH is 1. The number of thiazole rings is 1. The summed E-state index contributed by atoms with van der Waals surface area (Å²) >= 11 is 1.65. The predicted octanol–water partition coefficient (Wildman–Crippen LogP) is 5.20. The average molecular weight is 523 g/mol. The molecule has 7 atom stereocenters. The molecule has 0 aromatic carbocycles. The summed E-state index contributed by atoms with van der Waals surface area (Å²) < 4.78 is 6.08. The smallest absolute Gasteiger partial charge is 0.373 e. The zero-order valence-corrected chi connectivity index (χ0v) is 24.3. The minimum absolute atomic E-state index is 0.0260. The quantitative estimate of drug-likeness (QED) is 0.341. The number of ketones is 1. The second-order valence-corrected chi connectivity index (χ2v) is 12.4. The first-order valence-corrected chi connectivity index (χ1v) is 13.7. The molecule has 1 aromatic heterocycles. The summed E-state index contributed by atoms with van der Waals surface area (Å²) in [5.41, 5.74) is 7.77. The van der Waals surface area contributed by atoms with Gasteiger partial charge in [0.05, 0.1) is 28.5 Å². The Morgan fingerprint density at radius 1 is 1.33 bits per heavy atom. The van der Waals surface area contributed by atoms with Gasteiger partial charge >= 0.3 is 6.15 Å². The summed E-state index contributed by atoms with van der Waals surface area (Å²) in [7, 11) is 0. The van der Waals surface area contributed by atoms with E-state index in [1.165, 1.54) is 0 Å². The Hall–Kier alpha value is -1.70. The zero-order chi connectivity index (χ0) is 27.8. The van der Waals surface area contributed by atoms with Gasteiger partial charge in [-0.3, -0.25) is 4.79 Å². The highest BCUT2D eigenvalue weighted by molar-refractivity contribution is 7.09. The maximum atomic E-state index is 12.9. The summed E-state index contributed by atoms with van der Waals surface area (Å²) in [6, 6.07) is -0.0260. The monoisotopic (exact) mass is 522 g/mol. The van der Waals surface area contributed by atoms with E-state index >= 15 is 0 Å². The van der Waals surface area contributed by atoms with E-state index in [0.717, 1.165) is 42.0 Å². The zero-order valence-electron chi connectivity index (χ0n) is 23.5. The number of epoxide rings is 1. The summed E-state index contributed by atoms with van der Waals surface area (Å²) in [6.07, 6.45) is 5.86. The molecule has 0 saturated carbocycles. The summed E-state index contributed by atoms with van der Waals surface area (Å²) in [5, 5.41) is 13.1. The van der Waals surface area contributed by atoms with Crippen molar-refractivity contribution in [1.82, 2.24) is 4.98 Å². The number of rotatable bonds is 13. The Morgan fingerprint density at radius 3 is 2.42 bits per heavy atom. The molecule has 2 rings (SSSR count). The van der Waals surface area contributed by atoms with Crippen molar-refractivity contribution in [1.29, 1.82) is 0 Å². The molecule has 0 spiro atoms. The van der Waals surface area contributed by atoms with Crippen molar-refractivity contribution >= 4 is 29.3 Å². The molecule has 0 bridgehead atoms. The fourth-order valence-corrected chi connectivity index (χ4v) is 5.14. The van der Waals surface area contributed by atoms with Crippen molar-refractivity contribution in [3.8, 4) is 0 Å². The van der Waals surface area contributed by atoms with Crippen LogP contribution in [0.5, 0.6) is 0 Å². The van der Waals surface area contributed by atoms with Crippen LogP contribution in [0.3, 0.4) is 0 Å². The molecular weight excluding hydrogens is 476 g/mol. The van der Waals surface area contributed by atoms with Gasteiger partial charge in [0.2, 0.25) is 0 Å². The van der Waals surface area contributed by atoms with Crippen LogP contribution < -0.4 is 5.73 Å². The fourth-order valence-electron chi connectivity index (χ4n) is 4.57. The number of carbonyl (C=O) groups is 1. The third-order valence-corrected chi connectivity index (χ3v) is 9.00. The molecule has 0 unspecified atom stereocenters. The first-order chi connectivity index (χ1) is 16.6. The van der Waals surface area contributed by atoms with Gasteiger partial charge in [0.15, 0.2) is 0 Å². The lowest BCUT2D eigenvalue weighted by atomic mass is 9.71. The lowest BCUT2D eigenvalue weighted by Gasteiger charge is -2.34. The van der Waals surface area contributed by atoms with Crippen LogP contribution in [0.25, 0.3) is 6.08 Å². The van der Waals surface area contributed by atoms with Gasteiger partial charge < -0.3 is 15.6 Å². The number of ether oxygens (including phenoxy) is 1. The van der Waals surface area contributed by atoms with E-state index in [1.54, 1.807) is 18.3 Å². The van der Waals surface area contributed by atoms with Crippen LogP contribution in [0.1, 0.15) is 91.8 Å². The van der Waals surface area contributed by atoms with E-state index in [9.17, 15) is 9.90 Å². The molecular formula is C28H46N2O5S. The van der Waals surface area contributed by atoms with Gasteiger partial charge in [-0.15, -0.1) is 11.3 Å². The number of hydrogen-bond donors (Lipinski definition) is 2. The number of nitrogens with two attached hydrogens (primary N) is 1. The van der Waals surface area contributed by atoms with Crippen LogP contribution in [0.15, 0.2) is 11.0 Å². The number of nitrogens with zero attached hydrogens (tertiary/aromatic N) is 1. The predicted molar refractivity (Wildman–Crippen MR) is 143 cm³/mol. The van der Waals surface area contributed by atoms with Gasteiger partial charge in [0.25, 0.3) is 0 Å². The highest BCUT2D eigenvalue weighted by Crippen LogP contribution is 2.44. The minimum atomic E-state index is -0.709. The maximum Gasteiger partial charge on any atom is 0.373 e. The Bertz CT molecular complexity index is 919. The van der Waals surface area contributed by atoms with Crippen LogP contribution in [0.2, 0.25) is 0 Å².